The van der Waals surface area contributed by atoms with Crippen LogP contribution in [0.2, 0.25) is 5.02 Å². The highest BCUT2D eigenvalue weighted by atomic mass is 35.5. The normalized spacial score (nSPS) is 10.5. The number of carboxylic acid groups (broad SMARTS) is 1. The van der Waals surface area contributed by atoms with Crippen molar-refractivity contribution in [3.05, 3.63) is 34.9 Å². The van der Waals surface area contributed by atoms with Gasteiger partial charge in [0.2, 0.25) is 5.91 Å². The van der Waals surface area contributed by atoms with Crippen LogP contribution in [-0.4, -0.2) is 34.5 Å². The van der Waals surface area contributed by atoms with E-state index in [-0.39, 0.29) is 31.3 Å². The van der Waals surface area contributed by atoms with E-state index in [2.05, 4.69) is 0 Å². The van der Waals surface area contributed by atoms with Crippen molar-refractivity contribution in [3.63, 3.8) is 0 Å². The first-order valence-corrected chi connectivity index (χ1v) is 6.53. The lowest BCUT2D eigenvalue weighted by Gasteiger charge is -2.26. The minimum absolute atomic E-state index is 0.0147. The van der Waals surface area contributed by atoms with Crippen molar-refractivity contribution in [1.82, 2.24) is 4.90 Å². The molecule has 19 heavy (non-hydrogen) atoms. The number of carboxylic acids is 1. The summed E-state index contributed by atoms with van der Waals surface area (Å²) in [5.74, 6) is -0.969. The average Bonchev–Trinajstić information content (AvgIpc) is 2.31. The molecule has 4 nitrogen and oxygen atoms in total. The Bertz CT molecular complexity index is 443. The van der Waals surface area contributed by atoms with Crippen molar-refractivity contribution in [1.29, 1.82) is 0 Å². The lowest BCUT2D eigenvalue weighted by atomic mass is 10.1. The molecule has 0 aliphatic carbocycles. The Labute approximate surface area is 118 Å². The summed E-state index contributed by atoms with van der Waals surface area (Å²) in [6, 6.07) is 7.06. The van der Waals surface area contributed by atoms with Gasteiger partial charge in [-0.3, -0.25) is 9.59 Å². The molecule has 0 aliphatic rings. The molecule has 0 saturated heterocycles. The summed E-state index contributed by atoms with van der Waals surface area (Å²) in [7, 11) is 0. The average molecular weight is 284 g/mol. The van der Waals surface area contributed by atoms with Gasteiger partial charge in [0.1, 0.15) is 0 Å². The van der Waals surface area contributed by atoms with Crippen LogP contribution in [0.1, 0.15) is 25.8 Å². The molecule has 0 atom stereocenters. The van der Waals surface area contributed by atoms with Crippen molar-refractivity contribution in [2.24, 2.45) is 0 Å². The molecule has 0 radical (unpaired) electrons. The van der Waals surface area contributed by atoms with Gasteiger partial charge >= 0.3 is 5.97 Å². The van der Waals surface area contributed by atoms with Crippen LogP contribution in [0.4, 0.5) is 0 Å². The Hall–Kier alpha value is -1.55. The number of rotatable bonds is 6. The highest BCUT2D eigenvalue weighted by Crippen LogP contribution is 2.12. The fraction of sp³-hybridized carbons (Fsp3) is 0.429. The van der Waals surface area contributed by atoms with Gasteiger partial charge in [-0.1, -0.05) is 23.7 Å². The Morgan fingerprint density at radius 1 is 1.26 bits per heavy atom. The van der Waals surface area contributed by atoms with Crippen molar-refractivity contribution in [3.8, 4) is 0 Å². The van der Waals surface area contributed by atoms with Crippen LogP contribution >= 0.6 is 11.6 Å². The second kappa shape index (κ2) is 7.14. The number of amides is 1. The van der Waals surface area contributed by atoms with Crippen molar-refractivity contribution >= 4 is 23.5 Å². The van der Waals surface area contributed by atoms with Crippen LogP contribution in [0.5, 0.6) is 0 Å². The van der Waals surface area contributed by atoms with E-state index in [0.29, 0.717) is 5.02 Å². The number of nitrogens with zero attached hydrogens (tertiary/aromatic N) is 1. The monoisotopic (exact) mass is 283 g/mol. The third-order valence-corrected chi connectivity index (χ3v) is 3.03. The number of aliphatic carboxylic acids is 1. The van der Waals surface area contributed by atoms with Gasteiger partial charge in [-0.15, -0.1) is 0 Å². The van der Waals surface area contributed by atoms with Gasteiger partial charge in [-0.2, -0.15) is 0 Å². The second-order valence-corrected chi connectivity index (χ2v) is 5.06. The molecule has 0 bridgehead atoms. The Balaban J connectivity index is 2.66. The lowest BCUT2D eigenvalue weighted by molar-refractivity contribution is -0.139. The highest BCUT2D eigenvalue weighted by molar-refractivity contribution is 6.30. The predicted molar refractivity (Wildman–Crippen MR) is 74.3 cm³/mol. The zero-order valence-electron chi connectivity index (χ0n) is 11.1. The minimum atomic E-state index is -0.898. The molecule has 0 fully saturated rings. The summed E-state index contributed by atoms with van der Waals surface area (Å²) >= 11 is 5.79. The van der Waals surface area contributed by atoms with E-state index < -0.39 is 5.97 Å². The third-order valence-electron chi connectivity index (χ3n) is 2.78. The Morgan fingerprint density at radius 3 is 2.32 bits per heavy atom. The number of benzene rings is 1. The van der Waals surface area contributed by atoms with Crippen LogP contribution in [0.25, 0.3) is 0 Å². The van der Waals surface area contributed by atoms with E-state index in [1.165, 1.54) is 0 Å². The summed E-state index contributed by atoms with van der Waals surface area (Å²) in [6.45, 7) is 3.99. The van der Waals surface area contributed by atoms with E-state index in [9.17, 15) is 9.59 Å². The molecule has 0 spiro atoms. The molecule has 104 valence electrons. The fourth-order valence-corrected chi connectivity index (χ4v) is 1.89. The zero-order valence-corrected chi connectivity index (χ0v) is 11.9. The minimum Gasteiger partial charge on any atom is -0.481 e. The summed E-state index contributed by atoms with van der Waals surface area (Å²) in [4.78, 5) is 24.3. The molecule has 1 rings (SSSR count). The van der Waals surface area contributed by atoms with Gasteiger partial charge in [0, 0.05) is 17.6 Å². The SMILES string of the molecule is CC(C)N(CCC(=O)O)C(=O)Cc1ccc(Cl)cc1. The van der Waals surface area contributed by atoms with Crippen LogP contribution in [0.3, 0.4) is 0 Å². The van der Waals surface area contributed by atoms with Gasteiger partial charge < -0.3 is 10.0 Å². The Kier molecular flexibility index (Phi) is 5.83. The van der Waals surface area contributed by atoms with Gasteiger partial charge in [0.15, 0.2) is 0 Å². The smallest absolute Gasteiger partial charge is 0.305 e. The highest BCUT2D eigenvalue weighted by Gasteiger charge is 2.18. The first-order valence-electron chi connectivity index (χ1n) is 6.16. The molecule has 0 unspecified atom stereocenters. The number of hydrogen-bond acceptors (Lipinski definition) is 2. The van der Waals surface area contributed by atoms with Crippen molar-refractivity contribution in [2.45, 2.75) is 32.7 Å². The van der Waals surface area contributed by atoms with Gasteiger partial charge in [0.25, 0.3) is 0 Å². The topological polar surface area (TPSA) is 57.6 Å². The maximum atomic E-state index is 12.2. The summed E-state index contributed by atoms with van der Waals surface area (Å²) in [6.07, 6.45) is 0.222. The second-order valence-electron chi connectivity index (χ2n) is 4.63. The predicted octanol–water partition coefficient (Wildman–Crippen LogP) is 2.59. The summed E-state index contributed by atoms with van der Waals surface area (Å²) in [5.41, 5.74) is 0.871. The number of carbonyl (C=O) groups is 2. The molecule has 1 aromatic rings. The number of carbonyl (C=O) groups excluding carboxylic acids is 1. The molecule has 0 heterocycles. The van der Waals surface area contributed by atoms with E-state index in [0.717, 1.165) is 5.56 Å². The first kappa shape index (κ1) is 15.5. The molecule has 1 aromatic carbocycles. The Morgan fingerprint density at radius 2 is 1.84 bits per heavy atom. The van der Waals surface area contributed by atoms with Crippen molar-refractivity contribution in [2.75, 3.05) is 6.54 Å². The van der Waals surface area contributed by atoms with Gasteiger partial charge in [-0.05, 0) is 31.5 Å². The standard InChI is InChI=1S/C14H18ClNO3/c1-10(2)16(8-7-14(18)19)13(17)9-11-3-5-12(15)6-4-11/h3-6,10H,7-9H2,1-2H3,(H,18,19). The summed E-state index contributed by atoms with van der Waals surface area (Å²) < 4.78 is 0. The van der Waals surface area contributed by atoms with Crippen molar-refractivity contribution < 1.29 is 14.7 Å². The van der Waals surface area contributed by atoms with Gasteiger partial charge in [-0.25, -0.2) is 0 Å². The van der Waals surface area contributed by atoms with Gasteiger partial charge in [0.05, 0.1) is 12.8 Å². The molecular formula is C14H18ClNO3. The van der Waals surface area contributed by atoms with E-state index >= 15 is 0 Å². The third kappa shape index (κ3) is 5.30. The molecule has 0 aliphatic heterocycles. The quantitative estimate of drug-likeness (QED) is 0.873. The number of halogens is 1. The van der Waals surface area contributed by atoms with E-state index in [1.54, 1.807) is 29.2 Å². The van der Waals surface area contributed by atoms with Crippen LogP contribution in [0.15, 0.2) is 24.3 Å². The maximum absolute atomic E-state index is 12.2. The zero-order chi connectivity index (χ0) is 14.4. The van der Waals surface area contributed by atoms with Crippen LogP contribution < -0.4 is 0 Å². The first-order chi connectivity index (χ1) is 8.90. The number of hydrogen-bond donors (Lipinski definition) is 1. The largest absolute Gasteiger partial charge is 0.481 e. The molecule has 5 heteroatoms. The summed E-state index contributed by atoms with van der Waals surface area (Å²) in [5, 5.41) is 9.32. The molecule has 1 N–H and O–H groups in total. The van der Waals surface area contributed by atoms with E-state index in [1.807, 2.05) is 13.8 Å². The molecular weight excluding hydrogens is 266 g/mol. The molecule has 0 aromatic heterocycles. The molecule has 0 saturated carbocycles. The fourth-order valence-electron chi connectivity index (χ4n) is 1.77. The van der Waals surface area contributed by atoms with E-state index in [4.69, 9.17) is 16.7 Å². The lowest BCUT2D eigenvalue weighted by Crippen LogP contribution is -2.39. The molecule has 1 amide bonds. The van der Waals surface area contributed by atoms with Crippen LogP contribution in [0, 0.1) is 0 Å². The maximum Gasteiger partial charge on any atom is 0.305 e. The van der Waals surface area contributed by atoms with Crippen LogP contribution in [-0.2, 0) is 16.0 Å².